The van der Waals surface area contributed by atoms with Crippen molar-refractivity contribution in [2.24, 2.45) is 0 Å². The summed E-state index contributed by atoms with van der Waals surface area (Å²) in [6.45, 7) is 0. The lowest BCUT2D eigenvalue weighted by molar-refractivity contribution is 0.0702. The molecular formula is C11H6BClO2S. The van der Waals surface area contributed by atoms with Gasteiger partial charge in [0.25, 0.3) is 0 Å². The first kappa shape index (κ1) is 11.2. The molecule has 1 aromatic heterocycles. The van der Waals surface area contributed by atoms with E-state index in [1.54, 1.807) is 24.3 Å². The van der Waals surface area contributed by atoms with Gasteiger partial charge in [0.1, 0.15) is 12.7 Å². The van der Waals surface area contributed by atoms with Crippen molar-refractivity contribution in [1.29, 1.82) is 0 Å². The van der Waals surface area contributed by atoms with E-state index in [1.165, 1.54) is 0 Å². The van der Waals surface area contributed by atoms with Crippen LogP contribution in [0, 0.1) is 0 Å². The third-order valence-electron chi connectivity index (χ3n) is 2.11. The lowest BCUT2D eigenvalue weighted by Crippen LogP contribution is -1.97. The average molecular weight is 248 g/mol. The highest BCUT2D eigenvalue weighted by Crippen LogP contribution is 2.25. The zero-order valence-electron chi connectivity index (χ0n) is 8.11. The van der Waals surface area contributed by atoms with Gasteiger partial charge in [-0.2, -0.15) is 0 Å². The van der Waals surface area contributed by atoms with Gasteiger partial charge in [0.2, 0.25) is 0 Å². The van der Waals surface area contributed by atoms with Crippen LogP contribution >= 0.6 is 22.9 Å². The Kier molecular flexibility index (Phi) is 3.03. The van der Waals surface area contributed by atoms with Gasteiger partial charge >= 0.3 is 5.97 Å². The molecule has 2 radical (unpaired) electrons. The molecule has 1 aromatic carbocycles. The van der Waals surface area contributed by atoms with Gasteiger partial charge in [-0.15, -0.1) is 11.3 Å². The van der Waals surface area contributed by atoms with Crippen LogP contribution in [0.4, 0.5) is 0 Å². The molecule has 0 unspecified atom stereocenters. The van der Waals surface area contributed by atoms with Crippen molar-refractivity contribution in [1.82, 2.24) is 0 Å². The molecule has 2 nitrogen and oxygen atoms in total. The van der Waals surface area contributed by atoms with Crippen LogP contribution in [0.3, 0.4) is 0 Å². The average Bonchev–Trinajstić information content (AvgIpc) is 2.60. The molecule has 2 rings (SSSR count). The van der Waals surface area contributed by atoms with Gasteiger partial charge in [0.05, 0.1) is 0 Å². The Labute approximate surface area is 103 Å². The van der Waals surface area contributed by atoms with Gasteiger partial charge in [-0.1, -0.05) is 23.7 Å². The molecule has 0 fully saturated rings. The molecule has 2 aromatic rings. The largest absolute Gasteiger partial charge is 0.477 e. The molecular weight excluding hydrogens is 242 g/mol. The van der Waals surface area contributed by atoms with Gasteiger partial charge in [0.15, 0.2) is 0 Å². The molecule has 0 saturated carbocycles. The minimum absolute atomic E-state index is 0.229. The van der Waals surface area contributed by atoms with Gasteiger partial charge in [-0.3, -0.25) is 0 Å². The van der Waals surface area contributed by atoms with Gasteiger partial charge in [-0.05, 0) is 34.1 Å². The summed E-state index contributed by atoms with van der Waals surface area (Å²) in [5.41, 5.74) is 1.54. The van der Waals surface area contributed by atoms with Crippen LogP contribution in [0.2, 0.25) is 5.02 Å². The predicted octanol–water partition coefficient (Wildman–Crippen LogP) is 2.56. The van der Waals surface area contributed by atoms with Crippen molar-refractivity contribution in [2.45, 2.75) is 0 Å². The number of aromatic carboxylic acids is 1. The number of carboxylic acid groups (broad SMARTS) is 1. The van der Waals surface area contributed by atoms with Crippen LogP contribution < -0.4 is 4.78 Å². The van der Waals surface area contributed by atoms with E-state index in [0.29, 0.717) is 15.4 Å². The molecule has 5 heteroatoms. The van der Waals surface area contributed by atoms with Crippen molar-refractivity contribution in [3.63, 3.8) is 0 Å². The lowest BCUT2D eigenvalue weighted by atomic mass is 9.97. The third kappa shape index (κ3) is 2.13. The number of hydrogen-bond acceptors (Lipinski definition) is 2. The fourth-order valence-corrected chi connectivity index (χ4v) is 2.37. The Bertz CT molecular complexity index is 551. The summed E-state index contributed by atoms with van der Waals surface area (Å²) in [4.78, 5) is 11.0. The monoisotopic (exact) mass is 248 g/mol. The number of hydrogen-bond donors (Lipinski definition) is 1. The summed E-state index contributed by atoms with van der Waals surface area (Å²) in [6.07, 6.45) is 0. The van der Waals surface area contributed by atoms with Crippen LogP contribution in [0.15, 0.2) is 30.3 Å². The maximum absolute atomic E-state index is 10.8. The van der Waals surface area contributed by atoms with Crippen LogP contribution in [-0.2, 0) is 0 Å². The van der Waals surface area contributed by atoms with E-state index < -0.39 is 5.97 Å². The second-order valence-electron chi connectivity index (χ2n) is 3.20. The highest BCUT2D eigenvalue weighted by atomic mass is 35.5. The number of carboxylic acids is 1. The number of benzene rings is 1. The van der Waals surface area contributed by atoms with Crippen molar-refractivity contribution in [3.8, 4) is 11.1 Å². The first-order valence-electron chi connectivity index (χ1n) is 4.46. The molecule has 0 aliphatic heterocycles. The van der Waals surface area contributed by atoms with Crippen LogP contribution in [0.1, 0.15) is 9.67 Å². The Morgan fingerprint density at radius 2 is 2.12 bits per heavy atom. The van der Waals surface area contributed by atoms with E-state index in [1.807, 2.05) is 6.07 Å². The topological polar surface area (TPSA) is 37.3 Å². The maximum atomic E-state index is 10.8. The van der Waals surface area contributed by atoms with Crippen LogP contribution in [0.5, 0.6) is 0 Å². The van der Waals surface area contributed by atoms with Crippen molar-refractivity contribution >= 4 is 41.5 Å². The molecule has 0 saturated heterocycles. The maximum Gasteiger partial charge on any atom is 0.345 e. The fourth-order valence-electron chi connectivity index (χ4n) is 1.39. The summed E-state index contributed by atoms with van der Waals surface area (Å²) in [5.74, 6) is -0.968. The summed E-state index contributed by atoms with van der Waals surface area (Å²) in [6, 6.07) is 8.72. The zero-order valence-corrected chi connectivity index (χ0v) is 9.68. The Morgan fingerprint density at radius 1 is 1.38 bits per heavy atom. The molecule has 0 atom stereocenters. The number of halogens is 1. The highest BCUT2D eigenvalue weighted by molar-refractivity contribution is 7.22. The smallest absolute Gasteiger partial charge is 0.345 e. The molecule has 0 spiro atoms. The van der Waals surface area contributed by atoms with E-state index in [2.05, 4.69) is 0 Å². The summed E-state index contributed by atoms with van der Waals surface area (Å²) in [5, 5.41) is 9.45. The van der Waals surface area contributed by atoms with Crippen molar-refractivity contribution in [3.05, 3.63) is 40.2 Å². The van der Waals surface area contributed by atoms with E-state index in [0.717, 1.165) is 16.9 Å². The Hall–Kier alpha value is -1.26. The van der Waals surface area contributed by atoms with E-state index in [-0.39, 0.29) is 4.88 Å². The van der Waals surface area contributed by atoms with Crippen molar-refractivity contribution < 1.29 is 9.90 Å². The van der Waals surface area contributed by atoms with Gasteiger partial charge in [0, 0.05) is 5.02 Å². The Morgan fingerprint density at radius 3 is 2.69 bits per heavy atom. The highest BCUT2D eigenvalue weighted by Gasteiger charge is 2.11. The van der Waals surface area contributed by atoms with E-state index in [9.17, 15) is 4.79 Å². The number of rotatable bonds is 2. The molecule has 0 amide bonds. The van der Waals surface area contributed by atoms with Crippen LogP contribution in [0.25, 0.3) is 11.1 Å². The predicted molar refractivity (Wildman–Crippen MR) is 67.1 cm³/mol. The van der Waals surface area contributed by atoms with E-state index >= 15 is 0 Å². The Balaban J connectivity index is 2.52. The van der Waals surface area contributed by atoms with E-state index in [4.69, 9.17) is 24.6 Å². The second-order valence-corrected chi connectivity index (χ2v) is 4.72. The summed E-state index contributed by atoms with van der Waals surface area (Å²) < 4.78 is 0.486. The first-order valence-corrected chi connectivity index (χ1v) is 5.66. The normalized spacial score (nSPS) is 10.3. The molecule has 0 aliphatic rings. The van der Waals surface area contributed by atoms with Gasteiger partial charge in [-0.25, -0.2) is 4.79 Å². The third-order valence-corrected chi connectivity index (χ3v) is 3.29. The minimum atomic E-state index is -0.968. The number of thiophene rings is 1. The number of carbonyl (C=O) groups is 1. The SMILES string of the molecule is [B]c1sc(C(=O)O)cc1-c1cccc(Cl)c1. The zero-order chi connectivity index (χ0) is 11.7. The first-order chi connectivity index (χ1) is 7.58. The molecule has 16 heavy (non-hydrogen) atoms. The fraction of sp³-hybridized carbons (Fsp3) is 0. The standard InChI is InChI=1S/C11H6BClO2S/c12-10-8(5-9(16-10)11(14)15)6-2-1-3-7(13)4-6/h1-5H,(H,14,15). The minimum Gasteiger partial charge on any atom is -0.477 e. The summed E-state index contributed by atoms with van der Waals surface area (Å²) in [7, 11) is 5.77. The van der Waals surface area contributed by atoms with Crippen molar-refractivity contribution in [2.75, 3.05) is 0 Å². The van der Waals surface area contributed by atoms with Gasteiger partial charge < -0.3 is 5.11 Å². The quantitative estimate of drug-likeness (QED) is 0.830. The molecule has 0 bridgehead atoms. The summed E-state index contributed by atoms with van der Waals surface area (Å²) >= 11 is 6.92. The molecule has 0 aliphatic carbocycles. The van der Waals surface area contributed by atoms with Crippen LogP contribution in [-0.4, -0.2) is 18.9 Å². The second kappa shape index (κ2) is 4.32. The molecule has 78 valence electrons. The molecule has 1 N–H and O–H groups in total. The molecule has 1 heterocycles. The lowest BCUT2D eigenvalue weighted by Gasteiger charge is -2.00.